The van der Waals surface area contributed by atoms with E-state index in [1.807, 2.05) is 6.92 Å². The van der Waals surface area contributed by atoms with Crippen molar-refractivity contribution in [3.63, 3.8) is 0 Å². The van der Waals surface area contributed by atoms with Crippen LogP contribution in [0.5, 0.6) is 0 Å². The van der Waals surface area contributed by atoms with Crippen LogP contribution in [0.3, 0.4) is 0 Å². The first-order chi connectivity index (χ1) is 9.54. The van der Waals surface area contributed by atoms with Crippen molar-refractivity contribution in [3.8, 4) is 0 Å². The van der Waals surface area contributed by atoms with Gasteiger partial charge in [-0.3, -0.25) is 0 Å². The molecule has 0 saturated carbocycles. The third-order valence-corrected chi connectivity index (χ3v) is 5.86. The minimum Gasteiger partial charge on any atom is -0.309 e. The van der Waals surface area contributed by atoms with Gasteiger partial charge in [0.25, 0.3) is 0 Å². The lowest BCUT2D eigenvalue weighted by Gasteiger charge is -2.15. The first-order valence-corrected chi connectivity index (χ1v) is 9.97. The molecule has 0 fully saturated rings. The van der Waals surface area contributed by atoms with Crippen LogP contribution in [0.2, 0.25) is 0 Å². The van der Waals surface area contributed by atoms with E-state index in [9.17, 15) is 16.8 Å². The normalized spacial score (nSPS) is 14.3. The fraction of sp³-hybridized carbons (Fsp3) is 0.538. The highest BCUT2D eigenvalue weighted by Gasteiger charge is 2.17. The molecule has 1 rings (SSSR count). The van der Waals surface area contributed by atoms with Gasteiger partial charge in [-0.15, -0.1) is 0 Å². The Kier molecular flexibility index (Phi) is 5.92. The summed E-state index contributed by atoms with van der Waals surface area (Å²) < 4.78 is 47.2. The van der Waals surface area contributed by atoms with Crippen LogP contribution >= 0.6 is 0 Å². The molecule has 1 N–H and O–H groups in total. The lowest BCUT2D eigenvalue weighted by atomic mass is 10.1. The van der Waals surface area contributed by atoms with E-state index in [4.69, 9.17) is 0 Å². The molecule has 120 valence electrons. The number of nitrogens with one attached hydrogen (secondary N) is 1. The van der Waals surface area contributed by atoms with Gasteiger partial charge in [-0.2, -0.15) is 0 Å². The van der Waals surface area contributed by atoms with Gasteiger partial charge < -0.3 is 5.32 Å². The molecular weight excluding hydrogens is 312 g/mol. The van der Waals surface area contributed by atoms with Gasteiger partial charge in [0, 0.05) is 32.9 Å². The van der Waals surface area contributed by atoms with Crippen molar-refractivity contribution in [2.24, 2.45) is 0 Å². The van der Waals surface area contributed by atoms with E-state index in [-0.39, 0.29) is 16.7 Å². The number of sulfone groups is 1. The molecule has 0 spiro atoms. The summed E-state index contributed by atoms with van der Waals surface area (Å²) in [4.78, 5) is 0.236. The van der Waals surface area contributed by atoms with Crippen LogP contribution in [0.1, 0.15) is 18.5 Å². The molecule has 0 aliphatic rings. The zero-order valence-corrected chi connectivity index (χ0v) is 14.3. The molecule has 0 saturated heterocycles. The fourth-order valence-electron chi connectivity index (χ4n) is 1.72. The van der Waals surface area contributed by atoms with Gasteiger partial charge in [0.15, 0.2) is 0 Å². The Morgan fingerprint density at radius 2 is 1.62 bits per heavy atom. The maximum atomic E-state index is 11.9. The highest BCUT2D eigenvalue weighted by atomic mass is 32.2. The maximum Gasteiger partial charge on any atom is 0.242 e. The Morgan fingerprint density at radius 1 is 1.10 bits per heavy atom. The van der Waals surface area contributed by atoms with E-state index >= 15 is 0 Å². The first-order valence-electron chi connectivity index (χ1n) is 6.47. The molecule has 1 unspecified atom stereocenters. The molecule has 1 aromatic rings. The summed E-state index contributed by atoms with van der Waals surface area (Å²) in [5.74, 6) is 0.0738. The zero-order chi connectivity index (χ0) is 16.3. The average molecular weight is 334 g/mol. The summed E-state index contributed by atoms with van der Waals surface area (Å²) in [6, 6.07) is 6.52. The monoisotopic (exact) mass is 334 g/mol. The molecule has 0 aromatic heterocycles. The maximum absolute atomic E-state index is 11.9. The smallest absolute Gasteiger partial charge is 0.242 e. The van der Waals surface area contributed by atoms with Gasteiger partial charge in [-0.1, -0.05) is 12.1 Å². The standard InChI is InChI=1S/C13H22N2O4S2/c1-11(14-9-10-20(4,16)17)12-5-7-13(8-6-12)21(18,19)15(2)3/h5-8,11,14H,9-10H2,1-4H3. The summed E-state index contributed by atoms with van der Waals surface area (Å²) in [5, 5.41) is 3.10. The molecule has 8 heteroatoms. The zero-order valence-electron chi connectivity index (χ0n) is 12.7. The van der Waals surface area contributed by atoms with Gasteiger partial charge in [-0.25, -0.2) is 21.1 Å². The van der Waals surface area contributed by atoms with Crippen LogP contribution in [-0.4, -0.2) is 53.8 Å². The molecule has 0 aliphatic heterocycles. The van der Waals surface area contributed by atoms with Crippen molar-refractivity contribution in [1.29, 1.82) is 0 Å². The third-order valence-electron chi connectivity index (χ3n) is 3.08. The summed E-state index contributed by atoms with van der Waals surface area (Å²) in [7, 11) is -3.44. The number of sulfonamides is 1. The van der Waals surface area contributed by atoms with Crippen LogP contribution in [0, 0.1) is 0 Å². The minimum absolute atomic E-state index is 0.0529. The molecular formula is C13H22N2O4S2. The largest absolute Gasteiger partial charge is 0.309 e. The van der Waals surface area contributed by atoms with E-state index in [1.54, 1.807) is 24.3 Å². The summed E-state index contributed by atoms with van der Waals surface area (Å²) in [6.07, 6.45) is 1.19. The first kappa shape index (κ1) is 18.1. The molecule has 0 aliphatic carbocycles. The second-order valence-corrected chi connectivity index (χ2v) is 9.57. The van der Waals surface area contributed by atoms with Gasteiger partial charge in [-0.05, 0) is 24.6 Å². The molecule has 0 bridgehead atoms. The number of hydrogen-bond donors (Lipinski definition) is 1. The summed E-state index contributed by atoms with van der Waals surface area (Å²) in [6.45, 7) is 2.26. The van der Waals surface area contributed by atoms with Crippen molar-refractivity contribution >= 4 is 19.9 Å². The molecule has 6 nitrogen and oxygen atoms in total. The van der Waals surface area contributed by atoms with E-state index in [2.05, 4.69) is 5.32 Å². The number of rotatable bonds is 7. The Balaban J connectivity index is 2.74. The third kappa shape index (κ3) is 5.39. The predicted molar refractivity (Wildman–Crippen MR) is 83.4 cm³/mol. The van der Waals surface area contributed by atoms with Crippen molar-refractivity contribution in [3.05, 3.63) is 29.8 Å². The average Bonchev–Trinajstić information content (AvgIpc) is 2.37. The number of benzene rings is 1. The van der Waals surface area contributed by atoms with E-state index in [0.29, 0.717) is 6.54 Å². The quantitative estimate of drug-likeness (QED) is 0.791. The second-order valence-electron chi connectivity index (χ2n) is 5.16. The van der Waals surface area contributed by atoms with Crippen LogP contribution in [0.15, 0.2) is 29.2 Å². The topological polar surface area (TPSA) is 83.5 Å². The fourth-order valence-corrected chi connectivity index (χ4v) is 3.11. The van der Waals surface area contributed by atoms with Crippen molar-refractivity contribution < 1.29 is 16.8 Å². The van der Waals surface area contributed by atoms with Gasteiger partial charge in [0.2, 0.25) is 10.0 Å². The van der Waals surface area contributed by atoms with Gasteiger partial charge in [0.1, 0.15) is 9.84 Å². The number of nitrogens with zero attached hydrogens (tertiary/aromatic N) is 1. The van der Waals surface area contributed by atoms with Crippen molar-refractivity contribution in [1.82, 2.24) is 9.62 Å². The van der Waals surface area contributed by atoms with Crippen LogP contribution in [-0.2, 0) is 19.9 Å². The lowest BCUT2D eigenvalue weighted by Crippen LogP contribution is -2.25. The second kappa shape index (κ2) is 6.87. The number of hydrogen-bond acceptors (Lipinski definition) is 5. The summed E-state index contributed by atoms with van der Waals surface area (Å²) in [5.41, 5.74) is 0.904. The predicted octanol–water partition coefficient (Wildman–Crippen LogP) is 0.632. The van der Waals surface area contributed by atoms with E-state index < -0.39 is 19.9 Å². The Hall–Kier alpha value is -0.960. The van der Waals surface area contributed by atoms with Crippen molar-refractivity contribution in [2.45, 2.75) is 17.9 Å². The Labute approximate surface area is 127 Å². The SMILES string of the molecule is CC(NCCS(C)(=O)=O)c1ccc(S(=O)(=O)N(C)C)cc1. The minimum atomic E-state index is -3.42. The van der Waals surface area contributed by atoms with Gasteiger partial charge >= 0.3 is 0 Å². The molecule has 1 aromatic carbocycles. The highest BCUT2D eigenvalue weighted by Crippen LogP contribution is 2.17. The molecule has 0 amide bonds. The molecule has 0 heterocycles. The highest BCUT2D eigenvalue weighted by molar-refractivity contribution is 7.90. The van der Waals surface area contributed by atoms with E-state index in [1.165, 1.54) is 20.4 Å². The molecule has 21 heavy (non-hydrogen) atoms. The van der Waals surface area contributed by atoms with Crippen LogP contribution in [0.4, 0.5) is 0 Å². The van der Waals surface area contributed by atoms with Crippen molar-refractivity contribution in [2.75, 3.05) is 32.6 Å². The van der Waals surface area contributed by atoms with Gasteiger partial charge in [0.05, 0.1) is 10.6 Å². The van der Waals surface area contributed by atoms with E-state index in [0.717, 1.165) is 9.87 Å². The van der Waals surface area contributed by atoms with Crippen LogP contribution in [0.25, 0.3) is 0 Å². The van der Waals surface area contributed by atoms with Crippen LogP contribution < -0.4 is 5.32 Å². The molecule has 1 atom stereocenters. The summed E-state index contributed by atoms with van der Waals surface area (Å²) >= 11 is 0. The Morgan fingerprint density at radius 3 is 2.05 bits per heavy atom. The molecule has 0 radical (unpaired) electrons. The Bertz CT molecular complexity index is 665. The lowest BCUT2D eigenvalue weighted by molar-refractivity contribution is 0.520.